The predicted octanol–water partition coefficient (Wildman–Crippen LogP) is 4.90. The first-order chi connectivity index (χ1) is 14.9. The van der Waals surface area contributed by atoms with E-state index in [4.69, 9.17) is 4.74 Å². The van der Waals surface area contributed by atoms with E-state index < -0.39 is 40.8 Å². The molecule has 32 heavy (non-hydrogen) atoms. The van der Waals surface area contributed by atoms with Gasteiger partial charge >= 0.3 is 5.97 Å². The number of esters is 1. The number of ketones is 1. The lowest BCUT2D eigenvalue weighted by atomic mass is 9.44. The van der Waals surface area contributed by atoms with Gasteiger partial charge in [0.15, 0.2) is 11.5 Å². The summed E-state index contributed by atoms with van der Waals surface area (Å²) < 4.78 is 38.7. The molecule has 0 radical (unpaired) electrons. The zero-order valence-corrected chi connectivity index (χ0v) is 19.7. The summed E-state index contributed by atoms with van der Waals surface area (Å²) in [5.74, 6) is -1.35. The minimum Gasteiger partial charge on any atom is -0.461 e. The number of aliphatic hydroxyl groups excluding tert-OH is 1. The quantitative estimate of drug-likeness (QED) is 0.619. The van der Waals surface area contributed by atoms with Gasteiger partial charge in [0.25, 0.3) is 0 Å². The molecule has 1 N–H and O–H groups in total. The molecule has 4 nitrogen and oxygen atoms in total. The third-order valence-electron chi connectivity index (χ3n) is 8.94. The monoisotopic (exact) mass is 450 g/mol. The summed E-state index contributed by atoms with van der Waals surface area (Å²) in [6.07, 6.45) is 2.41. The number of hydrogen-bond acceptors (Lipinski definition) is 4. The Morgan fingerprint density at radius 3 is 2.62 bits per heavy atom. The molecule has 0 aromatic carbocycles. The maximum atomic E-state index is 17.2. The molecule has 0 bridgehead atoms. The summed E-state index contributed by atoms with van der Waals surface area (Å²) in [7, 11) is 0. The number of allylic oxidation sites excluding steroid dienone is 4. The second kappa shape index (κ2) is 7.75. The highest BCUT2D eigenvalue weighted by molar-refractivity contribution is 6.01. The Balaban J connectivity index is 1.83. The number of carbonyl (C=O) groups is 2. The predicted molar refractivity (Wildman–Crippen MR) is 117 cm³/mol. The molecule has 0 spiro atoms. The first-order valence-corrected chi connectivity index (χ1v) is 12.1. The summed E-state index contributed by atoms with van der Waals surface area (Å²) in [4.78, 5) is 24.3. The van der Waals surface area contributed by atoms with Gasteiger partial charge in [-0.3, -0.25) is 9.59 Å². The molecular weight excluding hydrogens is 414 g/mol. The number of fused-ring (bicyclic) bond motifs is 5. The molecule has 0 aliphatic heterocycles. The minimum absolute atomic E-state index is 0.00455. The number of carbonyl (C=O) groups excluding carboxylic acids is 2. The van der Waals surface area contributed by atoms with Crippen molar-refractivity contribution in [1.29, 1.82) is 0 Å². The van der Waals surface area contributed by atoms with E-state index in [1.54, 1.807) is 13.8 Å². The molecule has 3 fully saturated rings. The van der Waals surface area contributed by atoms with Gasteiger partial charge in [-0.15, -0.1) is 0 Å². The maximum absolute atomic E-state index is 17.2. The molecule has 0 aromatic rings. The molecule has 6 heteroatoms. The highest BCUT2D eigenvalue weighted by atomic mass is 19.1. The van der Waals surface area contributed by atoms with E-state index in [1.165, 1.54) is 18.2 Å². The van der Waals surface area contributed by atoms with Crippen LogP contribution in [-0.2, 0) is 14.3 Å². The van der Waals surface area contributed by atoms with E-state index in [1.807, 2.05) is 6.92 Å². The molecule has 4 aliphatic rings. The van der Waals surface area contributed by atoms with Crippen LogP contribution in [0.15, 0.2) is 23.8 Å². The van der Waals surface area contributed by atoms with Gasteiger partial charge in [-0.25, -0.2) is 8.78 Å². The van der Waals surface area contributed by atoms with E-state index in [-0.39, 0.29) is 54.3 Å². The van der Waals surface area contributed by atoms with E-state index in [9.17, 15) is 14.7 Å². The van der Waals surface area contributed by atoms with Crippen LogP contribution in [0.2, 0.25) is 0 Å². The summed E-state index contributed by atoms with van der Waals surface area (Å²) in [6.45, 7) is 9.53. The van der Waals surface area contributed by atoms with Crippen molar-refractivity contribution in [3.8, 4) is 0 Å². The van der Waals surface area contributed by atoms with Crippen LogP contribution in [0.1, 0.15) is 66.7 Å². The average molecular weight is 451 g/mol. The van der Waals surface area contributed by atoms with Crippen molar-refractivity contribution >= 4 is 11.8 Å². The lowest BCUT2D eigenvalue weighted by Crippen LogP contribution is -2.69. The summed E-state index contributed by atoms with van der Waals surface area (Å²) >= 11 is 0. The Kier molecular flexibility index (Phi) is 5.71. The van der Waals surface area contributed by atoms with Gasteiger partial charge in [-0.1, -0.05) is 33.8 Å². The number of rotatable bonds is 4. The van der Waals surface area contributed by atoms with Crippen LogP contribution in [0.3, 0.4) is 0 Å². The van der Waals surface area contributed by atoms with Gasteiger partial charge in [-0.05, 0) is 68.1 Å². The number of hydrogen-bond donors (Lipinski definition) is 1. The number of ether oxygens (including phenoxy) is 1. The van der Waals surface area contributed by atoms with Crippen LogP contribution in [0, 0.1) is 34.5 Å². The van der Waals surface area contributed by atoms with Gasteiger partial charge < -0.3 is 9.84 Å². The van der Waals surface area contributed by atoms with Crippen molar-refractivity contribution in [2.45, 2.75) is 90.8 Å². The van der Waals surface area contributed by atoms with Gasteiger partial charge in [0.1, 0.15) is 12.3 Å². The smallest absolute Gasteiger partial charge is 0.305 e. The Labute approximate surface area is 189 Å². The summed E-state index contributed by atoms with van der Waals surface area (Å²) in [5.41, 5.74) is -3.93. The first kappa shape index (κ1) is 23.6. The van der Waals surface area contributed by atoms with Crippen molar-refractivity contribution in [2.75, 3.05) is 0 Å². The van der Waals surface area contributed by atoms with Crippen molar-refractivity contribution in [2.24, 2.45) is 34.5 Å². The third kappa shape index (κ3) is 3.08. The maximum Gasteiger partial charge on any atom is 0.305 e. The zero-order chi connectivity index (χ0) is 23.6. The highest BCUT2D eigenvalue weighted by Crippen LogP contribution is 2.70. The van der Waals surface area contributed by atoms with E-state index >= 15 is 8.78 Å². The Bertz CT molecular complexity index is 866. The molecular formula is C26H36F2O4. The SMILES string of the molecule is CCC(=O)O[C@@H]1[C@H](C)C[C@H]2[C@@H]3C[C@H](F)C4=CC(=O)C=C[C@]4(C)[C@@]3(F)[C@@H](O)C[C@]12CC(C)C. The van der Waals surface area contributed by atoms with Crippen LogP contribution >= 0.6 is 0 Å². The van der Waals surface area contributed by atoms with Crippen LogP contribution in [0.25, 0.3) is 0 Å². The lowest BCUT2D eigenvalue weighted by molar-refractivity contribution is -0.219. The van der Waals surface area contributed by atoms with Gasteiger partial charge in [0.2, 0.25) is 0 Å². The van der Waals surface area contributed by atoms with Gasteiger partial charge in [-0.2, -0.15) is 0 Å². The molecule has 4 rings (SSSR count). The second-order valence-electron chi connectivity index (χ2n) is 11.3. The van der Waals surface area contributed by atoms with Crippen molar-refractivity contribution < 1.29 is 28.2 Å². The molecule has 0 heterocycles. The average Bonchev–Trinajstić information content (AvgIpc) is 2.96. The lowest BCUT2D eigenvalue weighted by Gasteiger charge is -2.63. The standard InChI is InChI=1S/C26H36F2O4/c1-6-22(31)32-23-15(4)9-17-18-11-20(27)19-10-16(29)7-8-24(19,5)26(18,28)21(30)13-25(17,23)12-14(2)3/h7-8,10,14-15,17-18,20-21,23,30H,6,9,11-13H2,1-5H3/t15-,17+,18+,20+,21+,23-,24+,25+,26+/m1/s1. The van der Waals surface area contributed by atoms with E-state index in [2.05, 4.69) is 13.8 Å². The van der Waals surface area contributed by atoms with Crippen LogP contribution in [-0.4, -0.2) is 40.9 Å². The molecule has 178 valence electrons. The summed E-state index contributed by atoms with van der Waals surface area (Å²) in [6, 6.07) is 0. The van der Waals surface area contributed by atoms with Crippen LogP contribution < -0.4 is 0 Å². The number of alkyl halides is 2. The second-order valence-corrected chi connectivity index (χ2v) is 11.3. The molecule has 0 saturated heterocycles. The fourth-order valence-electron chi connectivity index (χ4n) is 7.86. The van der Waals surface area contributed by atoms with Crippen LogP contribution in [0.4, 0.5) is 8.78 Å². The first-order valence-electron chi connectivity index (χ1n) is 12.1. The normalized spacial score (nSPS) is 47.5. The number of halogens is 2. The molecule has 0 amide bonds. The molecule has 9 atom stereocenters. The van der Waals surface area contributed by atoms with Crippen molar-refractivity contribution in [1.82, 2.24) is 0 Å². The molecule has 4 aliphatic carbocycles. The van der Waals surface area contributed by atoms with Gasteiger partial charge in [0.05, 0.1) is 6.10 Å². The fourth-order valence-corrected chi connectivity index (χ4v) is 7.86. The Hall–Kier alpha value is -1.56. The molecule has 3 saturated carbocycles. The fraction of sp³-hybridized carbons (Fsp3) is 0.769. The number of aliphatic hydroxyl groups is 1. The molecule has 0 aromatic heterocycles. The third-order valence-corrected chi connectivity index (χ3v) is 8.94. The van der Waals surface area contributed by atoms with Crippen molar-refractivity contribution in [3.05, 3.63) is 23.8 Å². The minimum atomic E-state index is -2.09. The molecule has 0 unspecified atom stereocenters. The Morgan fingerprint density at radius 1 is 1.31 bits per heavy atom. The van der Waals surface area contributed by atoms with E-state index in [0.717, 1.165) is 0 Å². The zero-order valence-electron chi connectivity index (χ0n) is 19.7. The highest BCUT2D eigenvalue weighted by Gasteiger charge is 2.74. The van der Waals surface area contributed by atoms with Crippen molar-refractivity contribution in [3.63, 3.8) is 0 Å². The van der Waals surface area contributed by atoms with E-state index in [0.29, 0.717) is 12.8 Å². The Morgan fingerprint density at radius 2 is 2.00 bits per heavy atom. The largest absolute Gasteiger partial charge is 0.461 e. The summed E-state index contributed by atoms with van der Waals surface area (Å²) in [5, 5.41) is 11.5. The van der Waals surface area contributed by atoms with Crippen LogP contribution in [0.5, 0.6) is 0 Å². The van der Waals surface area contributed by atoms with Gasteiger partial charge in [0, 0.05) is 23.2 Å². The topological polar surface area (TPSA) is 63.6 Å².